The van der Waals surface area contributed by atoms with Crippen LogP contribution in [0.5, 0.6) is 51.7 Å². The van der Waals surface area contributed by atoms with Crippen LogP contribution in [0.4, 0.5) is 0 Å². The number of benzene rings is 3. The Hall–Kier alpha value is -4.87. The first-order chi connectivity index (χ1) is 20.8. The summed E-state index contributed by atoms with van der Waals surface area (Å²) in [7, 11) is 0. The number of carbonyl (C=O) groups excluding carboxylic acids is 1. The molecule has 0 bridgehead atoms. The summed E-state index contributed by atoms with van der Waals surface area (Å²) in [5.41, 5.74) is -0.267. The molecule has 2 aliphatic heterocycles. The van der Waals surface area contributed by atoms with Gasteiger partial charge in [0.25, 0.3) is 0 Å². The summed E-state index contributed by atoms with van der Waals surface area (Å²) in [6.45, 7) is -0.736. The Labute approximate surface area is 247 Å². The average molecular weight is 621 g/mol. The number of phenolic OH excluding ortho intramolecular Hbond substituents is 7. The number of ether oxygens (including phenoxy) is 4. The fourth-order valence-electron chi connectivity index (χ4n) is 4.93. The first kappa shape index (κ1) is 30.6. The lowest BCUT2D eigenvalue weighted by Gasteiger charge is -2.40. The van der Waals surface area contributed by atoms with Gasteiger partial charge >= 0.3 is 5.97 Å². The van der Waals surface area contributed by atoms with Crippen molar-refractivity contribution in [2.45, 2.75) is 49.3 Å². The third kappa shape index (κ3) is 5.59. The number of fused-ring (bicyclic) bond motifs is 1. The van der Waals surface area contributed by atoms with Gasteiger partial charge in [0, 0.05) is 29.7 Å². The molecule has 236 valence electrons. The van der Waals surface area contributed by atoms with Gasteiger partial charge in [-0.2, -0.15) is 0 Å². The Balaban J connectivity index is 1.53. The highest BCUT2D eigenvalue weighted by molar-refractivity contribution is 5.91. The number of esters is 1. The van der Waals surface area contributed by atoms with Gasteiger partial charge in [0.05, 0.1) is 12.2 Å². The number of phenols is 7. The highest BCUT2D eigenvalue weighted by Gasteiger charge is 2.45. The van der Waals surface area contributed by atoms with Crippen molar-refractivity contribution in [3.63, 3.8) is 0 Å². The molecule has 2 heterocycles. The lowest BCUT2D eigenvalue weighted by atomic mass is 9.93. The van der Waals surface area contributed by atoms with Crippen LogP contribution in [0.3, 0.4) is 0 Å². The van der Waals surface area contributed by atoms with Gasteiger partial charge in [-0.15, -0.1) is 0 Å². The molecule has 16 nitrogen and oxygen atoms in total. The molecule has 0 unspecified atom stereocenters. The van der Waals surface area contributed by atoms with Crippen molar-refractivity contribution in [2.24, 2.45) is 0 Å². The van der Waals surface area contributed by atoms with Gasteiger partial charge in [-0.05, 0) is 24.3 Å². The van der Waals surface area contributed by atoms with Crippen LogP contribution in [0.2, 0.25) is 0 Å². The monoisotopic (exact) mass is 620 g/mol. The maximum Gasteiger partial charge on any atom is 0.338 e. The molecule has 0 aromatic heterocycles. The zero-order valence-corrected chi connectivity index (χ0v) is 22.4. The lowest BCUT2D eigenvalue weighted by molar-refractivity contribution is -0.277. The summed E-state index contributed by atoms with van der Waals surface area (Å²) in [6.07, 6.45) is -11.2. The Morgan fingerprint density at radius 2 is 1.39 bits per heavy atom. The van der Waals surface area contributed by atoms with Crippen LogP contribution >= 0.6 is 0 Å². The normalized spacial score (nSPS) is 26.3. The molecule has 0 spiro atoms. The van der Waals surface area contributed by atoms with E-state index in [1.165, 1.54) is 0 Å². The molecule has 16 heteroatoms. The molecule has 11 N–H and O–H groups in total. The minimum Gasteiger partial charge on any atom is -0.508 e. The van der Waals surface area contributed by atoms with E-state index < -0.39 is 95.7 Å². The van der Waals surface area contributed by atoms with Gasteiger partial charge in [-0.25, -0.2) is 4.79 Å². The second kappa shape index (κ2) is 11.7. The number of carbonyl (C=O) groups is 1. The Morgan fingerprint density at radius 3 is 1.98 bits per heavy atom. The SMILES string of the molecule is O=C(O[C@H]1Cc2c(O[C@@H]3O[C@H](CO)[C@@H](O)[C@H](O)[C@H]3O)cc(O)cc2O[C@@H]1c1cc(O)c(O)c(O)c1)c1cc(O)c(O)c(O)c1. The number of aliphatic hydroxyl groups is 4. The molecule has 3 aromatic carbocycles. The first-order valence-corrected chi connectivity index (χ1v) is 13.0. The summed E-state index contributed by atoms with van der Waals surface area (Å²) in [6, 6.07) is 5.96. The van der Waals surface area contributed by atoms with Gasteiger partial charge < -0.3 is 75.1 Å². The van der Waals surface area contributed by atoms with Crippen molar-refractivity contribution >= 4 is 5.97 Å². The summed E-state index contributed by atoms with van der Waals surface area (Å²) in [4.78, 5) is 13.1. The highest BCUT2D eigenvalue weighted by atomic mass is 16.7. The summed E-state index contributed by atoms with van der Waals surface area (Å²) < 4.78 is 22.8. The first-order valence-electron chi connectivity index (χ1n) is 13.0. The molecule has 2 aliphatic rings. The van der Waals surface area contributed by atoms with Crippen molar-refractivity contribution < 1.29 is 79.9 Å². The topological polar surface area (TPSA) is 277 Å². The minimum atomic E-state index is -1.81. The quantitative estimate of drug-likeness (QED) is 0.125. The molecule has 3 aromatic rings. The molecule has 0 amide bonds. The molecule has 1 saturated heterocycles. The number of rotatable bonds is 6. The van der Waals surface area contributed by atoms with Crippen LogP contribution in [-0.4, -0.2) is 106 Å². The van der Waals surface area contributed by atoms with E-state index in [0.717, 1.165) is 36.4 Å². The standard InChI is InChI=1S/C28H28O16/c29-8-20-23(37)24(38)25(39)28(44-20)43-18-6-11(30)5-17-12(18)7-19(26(41-17)9-1-13(31)21(35)14(32)2-9)42-27(40)10-3-15(33)22(36)16(34)4-10/h1-6,19-20,23-26,28-39H,7-8H2/t19-,20+,23+,24-,25+,26+,28+/m0/s1. The molecule has 0 radical (unpaired) electrons. The van der Waals surface area contributed by atoms with Crippen molar-refractivity contribution in [2.75, 3.05) is 6.61 Å². The van der Waals surface area contributed by atoms with Crippen molar-refractivity contribution in [3.05, 3.63) is 53.1 Å². The molecule has 1 fully saturated rings. The Morgan fingerprint density at radius 1 is 0.795 bits per heavy atom. The van der Waals surface area contributed by atoms with Crippen molar-refractivity contribution in [1.29, 1.82) is 0 Å². The van der Waals surface area contributed by atoms with E-state index in [2.05, 4.69) is 0 Å². The van der Waals surface area contributed by atoms with Crippen LogP contribution in [0.15, 0.2) is 36.4 Å². The van der Waals surface area contributed by atoms with Crippen LogP contribution in [0.25, 0.3) is 0 Å². The zero-order chi connectivity index (χ0) is 32.0. The van der Waals surface area contributed by atoms with Crippen LogP contribution in [-0.2, 0) is 15.9 Å². The lowest BCUT2D eigenvalue weighted by Crippen LogP contribution is -2.60. The van der Waals surface area contributed by atoms with Crippen LogP contribution in [0.1, 0.15) is 27.6 Å². The molecule has 5 rings (SSSR count). The maximum absolute atomic E-state index is 13.1. The fraction of sp³-hybridized carbons (Fsp3) is 0.321. The second-order valence-electron chi connectivity index (χ2n) is 10.2. The van der Waals surface area contributed by atoms with E-state index >= 15 is 0 Å². The molecule has 0 saturated carbocycles. The van der Waals surface area contributed by atoms with E-state index in [0.29, 0.717) is 0 Å². The largest absolute Gasteiger partial charge is 0.508 e. The summed E-state index contributed by atoms with van der Waals surface area (Å²) >= 11 is 0. The third-order valence-corrected chi connectivity index (χ3v) is 7.23. The molecular formula is C28H28O16. The summed E-state index contributed by atoms with van der Waals surface area (Å²) in [5, 5.41) is 110. The Kier molecular flexibility index (Phi) is 8.11. The van der Waals surface area contributed by atoms with E-state index in [4.69, 9.17) is 18.9 Å². The van der Waals surface area contributed by atoms with Gasteiger partial charge in [0.15, 0.2) is 40.6 Å². The van der Waals surface area contributed by atoms with Gasteiger partial charge in [-0.3, -0.25) is 0 Å². The van der Waals surface area contributed by atoms with Crippen molar-refractivity contribution in [1.82, 2.24) is 0 Å². The smallest absolute Gasteiger partial charge is 0.338 e. The molecule has 44 heavy (non-hydrogen) atoms. The Bertz CT molecular complexity index is 1530. The highest BCUT2D eigenvalue weighted by Crippen LogP contribution is 2.47. The van der Waals surface area contributed by atoms with Gasteiger partial charge in [0.1, 0.15) is 47.8 Å². The van der Waals surface area contributed by atoms with E-state index in [1.807, 2.05) is 0 Å². The van der Waals surface area contributed by atoms with Crippen molar-refractivity contribution in [3.8, 4) is 51.7 Å². The molecular weight excluding hydrogens is 592 g/mol. The second-order valence-corrected chi connectivity index (χ2v) is 10.2. The van der Waals surface area contributed by atoms with Gasteiger partial charge in [-0.1, -0.05) is 0 Å². The number of hydrogen-bond donors (Lipinski definition) is 11. The van der Waals surface area contributed by atoms with E-state index in [-0.39, 0.29) is 34.6 Å². The van der Waals surface area contributed by atoms with Crippen LogP contribution in [0, 0.1) is 0 Å². The predicted octanol–water partition coefficient (Wildman–Crippen LogP) is -0.294. The fourth-order valence-corrected chi connectivity index (χ4v) is 4.93. The number of hydrogen-bond acceptors (Lipinski definition) is 16. The average Bonchev–Trinajstić information content (AvgIpc) is 2.98. The van der Waals surface area contributed by atoms with E-state index in [9.17, 15) is 61.0 Å². The zero-order valence-electron chi connectivity index (χ0n) is 22.4. The summed E-state index contributed by atoms with van der Waals surface area (Å²) in [5.74, 6) is -6.62. The molecule has 0 aliphatic carbocycles. The van der Waals surface area contributed by atoms with E-state index in [1.54, 1.807) is 0 Å². The number of aliphatic hydroxyl groups excluding tert-OH is 4. The maximum atomic E-state index is 13.1. The molecule has 7 atom stereocenters. The minimum absolute atomic E-state index is 0.00241. The third-order valence-electron chi connectivity index (χ3n) is 7.23. The number of aromatic hydroxyl groups is 7. The predicted molar refractivity (Wildman–Crippen MR) is 142 cm³/mol. The van der Waals surface area contributed by atoms with Crippen LogP contribution < -0.4 is 9.47 Å². The van der Waals surface area contributed by atoms with Gasteiger partial charge in [0.2, 0.25) is 6.29 Å².